The molecule has 0 aliphatic rings. The van der Waals surface area contributed by atoms with E-state index >= 15 is 0 Å². The molecule has 0 saturated heterocycles. The molecular weight excluding hydrogens is 246 g/mol. The van der Waals surface area contributed by atoms with Crippen LogP contribution in [-0.2, 0) is 11.2 Å². The number of amides is 1. The van der Waals surface area contributed by atoms with Gasteiger partial charge in [-0.25, -0.2) is 0 Å². The number of carbonyl (C=O) groups excluding carboxylic acids is 1. The maximum atomic E-state index is 12.2. The number of hydrogen-bond acceptors (Lipinski definition) is 3. The molecule has 2 N–H and O–H groups in total. The topological polar surface area (TPSA) is 79.5 Å². The third-order valence-corrected chi connectivity index (χ3v) is 2.79. The van der Waals surface area contributed by atoms with Crippen LogP contribution in [0, 0.1) is 12.8 Å². The van der Waals surface area contributed by atoms with Gasteiger partial charge in [0, 0.05) is 11.6 Å². The normalized spacial score (nSPS) is 12.5. The van der Waals surface area contributed by atoms with E-state index in [1.165, 1.54) is 6.26 Å². The highest BCUT2D eigenvalue weighted by atomic mass is 16.4. The second kappa shape index (κ2) is 6.41. The highest BCUT2D eigenvalue weighted by molar-refractivity contribution is 5.97. The summed E-state index contributed by atoms with van der Waals surface area (Å²) in [5.74, 6) is -0.590. The molecule has 1 rings (SSSR count). The first-order valence-electron chi connectivity index (χ1n) is 6.40. The molecule has 1 aromatic heterocycles. The van der Waals surface area contributed by atoms with Gasteiger partial charge in [0.05, 0.1) is 11.8 Å². The van der Waals surface area contributed by atoms with Gasteiger partial charge in [0.25, 0.3) is 5.91 Å². The van der Waals surface area contributed by atoms with Gasteiger partial charge in [-0.15, -0.1) is 0 Å². The first kappa shape index (κ1) is 15.3. The number of nitrogens with one attached hydrogen (secondary N) is 1. The summed E-state index contributed by atoms with van der Waals surface area (Å²) >= 11 is 0. The summed E-state index contributed by atoms with van der Waals surface area (Å²) in [5, 5.41) is 11.7. The number of carboxylic acids is 1. The van der Waals surface area contributed by atoms with E-state index in [4.69, 9.17) is 9.52 Å². The molecule has 0 fully saturated rings. The van der Waals surface area contributed by atoms with E-state index < -0.39 is 5.97 Å². The highest BCUT2D eigenvalue weighted by Crippen LogP contribution is 2.18. The molecule has 1 unspecified atom stereocenters. The van der Waals surface area contributed by atoms with E-state index in [1.807, 2.05) is 6.92 Å². The van der Waals surface area contributed by atoms with Crippen molar-refractivity contribution >= 4 is 11.9 Å². The van der Waals surface area contributed by atoms with Crippen molar-refractivity contribution in [2.75, 3.05) is 0 Å². The molecule has 1 aromatic rings. The van der Waals surface area contributed by atoms with Crippen LogP contribution in [0.2, 0.25) is 0 Å². The summed E-state index contributed by atoms with van der Waals surface area (Å²) in [6.07, 6.45) is 2.01. The van der Waals surface area contributed by atoms with Gasteiger partial charge in [-0.2, -0.15) is 0 Å². The van der Waals surface area contributed by atoms with Crippen LogP contribution >= 0.6 is 0 Å². The Balaban J connectivity index is 2.81. The van der Waals surface area contributed by atoms with E-state index in [0.717, 1.165) is 6.42 Å². The SMILES string of the molecule is Cc1coc(CC(=O)O)c1C(=O)NC(C)CC(C)C. The highest BCUT2D eigenvalue weighted by Gasteiger charge is 2.21. The lowest BCUT2D eigenvalue weighted by molar-refractivity contribution is -0.136. The molecule has 5 heteroatoms. The van der Waals surface area contributed by atoms with Crippen molar-refractivity contribution in [1.82, 2.24) is 5.32 Å². The van der Waals surface area contributed by atoms with Gasteiger partial charge >= 0.3 is 5.97 Å². The molecule has 0 saturated carbocycles. The van der Waals surface area contributed by atoms with Gasteiger partial charge in [-0.3, -0.25) is 9.59 Å². The average Bonchev–Trinajstić information content (AvgIpc) is 2.57. The number of carboxylic acid groups (broad SMARTS) is 1. The Morgan fingerprint density at radius 2 is 2.00 bits per heavy atom. The maximum Gasteiger partial charge on any atom is 0.311 e. The molecule has 1 heterocycles. The Morgan fingerprint density at radius 3 is 2.53 bits per heavy atom. The predicted molar refractivity (Wildman–Crippen MR) is 71.2 cm³/mol. The summed E-state index contributed by atoms with van der Waals surface area (Å²) in [5.41, 5.74) is 1.00. The number of aryl methyl sites for hydroxylation is 1. The first-order valence-corrected chi connectivity index (χ1v) is 6.40. The lowest BCUT2D eigenvalue weighted by atomic mass is 10.0. The first-order chi connectivity index (χ1) is 8.81. The van der Waals surface area contributed by atoms with Crippen LogP contribution < -0.4 is 5.32 Å². The standard InChI is InChI=1S/C14H21NO4/c1-8(2)5-10(4)15-14(18)13-9(3)7-19-11(13)6-12(16)17/h7-8,10H,5-6H2,1-4H3,(H,15,18)(H,16,17). The van der Waals surface area contributed by atoms with Crippen molar-refractivity contribution in [3.8, 4) is 0 Å². The molecule has 0 radical (unpaired) electrons. The Bertz CT molecular complexity index is 462. The van der Waals surface area contributed by atoms with Gasteiger partial charge in [0.1, 0.15) is 12.2 Å². The van der Waals surface area contributed by atoms with Crippen LogP contribution in [0.3, 0.4) is 0 Å². The van der Waals surface area contributed by atoms with Crippen LogP contribution in [0.15, 0.2) is 10.7 Å². The summed E-state index contributed by atoms with van der Waals surface area (Å²) < 4.78 is 5.15. The molecule has 0 bridgehead atoms. The molecule has 0 spiro atoms. The summed E-state index contributed by atoms with van der Waals surface area (Å²) in [4.78, 5) is 22.9. The Morgan fingerprint density at radius 1 is 1.37 bits per heavy atom. The average molecular weight is 267 g/mol. The lowest BCUT2D eigenvalue weighted by Gasteiger charge is -2.16. The van der Waals surface area contributed by atoms with Gasteiger partial charge in [-0.05, 0) is 26.2 Å². The molecule has 106 valence electrons. The Kier molecular flexibility index (Phi) is 5.15. The Labute approximate surface area is 113 Å². The number of aliphatic carboxylic acids is 1. The smallest absolute Gasteiger partial charge is 0.311 e. The van der Waals surface area contributed by atoms with Crippen molar-refractivity contribution < 1.29 is 19.1 Å². The largest absolute Gasteiger partial charge is 0.481 e. The van der Waals surface area contributed by atoms with E-state index in [0.29, 0.717) is 17.0 Å². The monoisotopic (exact) mass is 267 g/mol. The third-order valence-electron chi connectivity index (χ3n) is 2.79. The predicted octanol–water partition coefficient (Wildman–Crippen LogP) is 2.38. The lowest BCUT2D eigenvalue weighted by Crippen LogP contribution is -2.34. The maximum absolute atomic E-state index is 12.2. The van der Waals surface area contributed by atoms with E-state index in [9.17, 15) is 9.59 Å². The summed E-state index contributed by atoms with van der Waals surface area (Å²) in [6.45, 7) is 7.84. The zero-order valence-electron chi connectivity index (χ0n) is 11.8. The Hall–Kier alpha value is -1.78. The number of furan rings is 1. The number of hydrogen-bond donors (Lipinski definition) is 2. The van der Waals surface area contributed by atoms with E-state index in [2.05, 4.69) is 19.2 Å². The van der Waals surface area contributed by atoms with Gasteiger partial charge in [0.15, 0.2) is 0 Å². The van der Waals surface area contributed by atoms with Crippen LogP contribution in [0.25, 0.3) is 0 Å². The molecule has 5 nitrogen and oxygen atoms in total. The minimum Gasteiger partial charge on any atom is -0.481 e. The fourth-order valence-corrected chi connectivity index (χ4v) is 2.13. The second-order valence-electron chi connectivity index (χ2n) is 5.29. The van der Waals surface area contributed by atoms with Crippen LogP contribution in [0.1, 0.15) is 48.9 Å². The molecule has 0 aliphatic heterocycles. The van der Waals surface area contributed by atoms with Crippen LogP contribution in [-0.4, -0.2) is 23.0 Å². The molecule has 0 aliphatic carbocycles. The van der Waals surface area contributed by atoms with E-state index in [-0.39, 0.29) is 24.1 Å². The quantitative estimate of drug-likeness (QED) is 0.829. The minimum absolute atomic E-state index is 0.0412. The number of rotatable bonds is 6. The molecule has 1 atom stereocenters. The molecule has 19 heavy (non-hydrogen) atoms. The van der Waals surface area contributed by atoms with Gasteiger partial charge in [-0.1, -0.05) is 13.8 Å². The molecular formula is C14H21NO4. The summed E-state index contributed by atoms with van der Waals surface area (Å²) in [6, 6.07) is 0.0412. The fourth-order valence-electron chi connectivity index (χ4n) is 2.13. The zero-order chi connectivity index (χ0) is 14.6. The molecule has 0 aromatic carbocycles. The zero-order valence-corrected chi connectivity index (χ0v) is 11.8. The molecule has 1 amide bonds. The van der Waals surface area contributed by atoms with Crippen LogP contribution in [0.4, 0.5) is 0 Å². The van der Waals surface area contributed by atoms with Gasteiger partial charge < -0.3 is 14.8 Å². The van der Waals surface area contributed by atoms with Crippen molar-refractivity contribution in [3.05, 3.63) is 23.2 Å². The van der Waals surface area contributed by atoms with Crippen molar-refractivity contribution in [2.45, 2.75) is 46.6 Å². The van der Waals surface area contributed by atoms with Crippen molar-refractivity contribution in [3.63, 3.8) is 0 Å². The van der Waals surface area contributed by atoms with E-state index in [1.54, 1.807) is 6.92 Å². The van der Waals surface area contributed by atoms with Crippen LogP contribution in [0.5, 0.6) is 0 Å². The summed E-state index contributed by atoms with van der Waals surface area (Å²) in [7, 11) is 0. The van der Waals surface area contributed by atoms with Crippen molar-refractivity contribution in [1.29, 1.82) is 0 Å². The van der Waals surface area contributed by atoms with Crippen molar-refractivity contribution in [2.24, 2.45) is 5.92 Å². The number of carbonyl (C=O) groups is 2. The minimum atomic E-state index is -1.02. The second-order valence-corrected chi connectivity index (χ2v) is 5.29. The fraction of sp³-hybridized carbons (Fsp3) is 0.571. The van der Waals surface area contributed by atoms with Gasteiger partial charge in [0.2, 0.25) is 0 Å². The third kappa shape index (κ3) is 4.43.